The number of anilines is 1. The number of halogens is 2. The van der Waals surface area contributed by atoms with Gasteiger partial charge in [0.15, 0.2) is 17.3 Å². The Morgan fingerprint density at radius 3 is 2.44 bits per heavy atom. The standard InChI is InChI=1S/C37H29F2N7O6/c1-43-20-30(40-23-43)25-17-33(31-13-14-41-45(31)19-25)51-32-12-9-27(18-29(32)39)42-36(48)52-34-21-44(15-16-50-22-24-5-3-2-4-6-24)37(49)46(35(34)47)28-10-7-26(38)8-11-28/h2-14,17-21,23H,15-16,22H2,1H3,(H,42,48). The number of fused-ring (bicyclic) bond motifs is 1. The normalized spacial score (nSPS) is 11.1. The molecule has 0 aliphatic carbocycles. The van der Waals surface area contributed by atoms with Crippen LogP contribution in [0.25, 0.3) is 22.5 Å². The summed E-state index contributed by atoms with van der Waals surface area (Å²) in [4.78, 5) is 44.2. The first-order valence-corrected chi connectivity index (χ1v) is 15.9. The molecule has 0 bridgehead atoms. The second kappa shape index (κ2) is 14.5. The van der Waals surface area contributed by atoms with Crippen molar-refractivity contribution in [2.75, 3.05) is 11.9 Å². The fourth-order valence-corrected chi connectivity index (χ4v) is 5.36. The average Bonchev–Trinajstić information content (AvgIpc) is 3.80. The van der Waals surface area contributed by atoms with Crippen molar-refractivity contribution < 1.29 is 27.8 Å². The van der Waals surface area contributed by atoms with E-state index in [4.69, 9.17) is 14.2 Å². The number of aromatic nitrogens is 6. The van der Waals surface area contributed by atoms with Gasteiger partial charge in [0.25, 0.3) is 0 Å². The van der Waals surface area contributed by atoms with E-state index in [-0.39, 0.29) is 36.9 Å². The molecule has 0 spiro atoms. The Morgan fingerprint density at radius 2 is 1.69 bits per heavy atom. The Bertz CT molecular complexity index is 2510. The zero-order chi connectivity index (χ0) is 36.2. The zero-order valence-electron chi connectivity index (χ0n) is 27.5. The highest BCUT2D eigenvalue weighted by molar-refractivity contribution is 5.86. The summed E-state index contributed by atoms with van der Waals surface area (Å²) >= 11 is 0. The first-order chi connectivity index (χ1) is 25.2. The molecule has 0 fully saturated rings. The van der Waals surface area contributed by atoms with Crippen molar-refractivity contribution in [2.24, 2.45) is 7.05 Å². The van der Waals surface area contributed by atoms with Crippen molar-refractivity contribution in [1.29, 1.82) is 0 Å². The van der Waals surface area contributed by atoms with Crippen LogP contribution in [0.3, 0.4) is 0 Å². The summed E-state index contributed by atoms with van der Waals surface area (Å²) in [5, 5.41) is 6.66. The Hall–Kier alpha value is -6.87. The molecule has 15 heteroatoms. The van der Waals surface area contributed by atoms with Crippen molar-refractivity contribution in [2.45, 2.75) is 13.2 Å². The van der Waals surface area contributed by atoms with Crippen LogP contribution in [0.15, 0.2) is 126 Å². The number of imidazole rings is 1. The quantitative estimate of drug-likeness (QED) is 0.163. The van der Waals surface area contributed by atoms with Gasteiger partial charge in [-0.1, -0.05) is 30.3 Å². The smallest absolute Gasteiger partial charge is 0.417 e. The van der Waals surface area contributed by atoms with Crippen LogP contribution in [0, 0.1) is 11.6 Å². The lowest BCUT2D eigenvalue weighted by molar-refractivity contribution is 0.112. The Kier molecular flexibility index (Phi) is 9.40. The molecule has 1 N–H and O–H groups in total. The molecule has 0 atom stereocenters. The minimum absolute atomic E-state index is 0.00579. The van der Waals surface area contributed by atoms with Crippen molar-refractivity contribution in [1.82, 2.24) is 28.3 Å². The minimum atomic E-state index is -1.13. The van der Waals surface area contributed by atoms with Gasteiger partial charge in [-0.15, -0.1) is 0 Å². The predicted octanol–water partition coefficient (Wildman–Crippen LogP) is 5.95. The number of aryl methyl sites for hydroxylation is 1. The first kappa shape index (κ1) is 33.6. The van der Waals surface area contributed by atoms with Crippen LogP contribution in [0.2, 0.25) is 0 Å². The molecule has 7 rings (SSSR count). The molecule has 0 saturated carbocycles. The number of rotatable bonds is 11. The molecular weight excluding hydrogens is 676 g/mol. The van der Waals surface area contributed by atoms with Gasteiger partial charge in [-0.2, -0.15) is 5.10 Å². The van der Waals surface area contributed by atoms with E-state index in [0.717, 1.165) is 39.1 Å². The summed E-state index contributed by atoms with van der Waals surface area (Å²) in [6.45, 7) is 0.356. The molecule has 0 aliphatic rings. The molecule has 7 aromatic rings. The molecule has 13 nitrogen and oxygen atoms in total. The molecular formula is C37H29F2N7O6. The number of hydrogen-bond acceptors (Lipinski definition) is 8. The van der Waals surface area contributed by atoms with E-state index in [1.54, 1.807) is 39.9 Å². The van der Waals surface area contributed by atoms with Gasteiger partial charge in [0, 0.05) is 36.8 Å². The Labute approximate surface area is 293 Å². The lowest BCUT2D eigenvalue weighted by Gasteiger charge is -2.14. The van der Waals surface area contributed by atoms with Crippen LogP contribution in [0.4, 0.5) is 19.3 Å². The maximum absolute atomic E-state index is 15.4. The van der Waals surface area contributed by atoms with Gasteiger partial charge < -0.3 is 18.8 Å². The third-order valence-corrected chi connectivity index (χ3v) is 7.87. The highest BCUT2D eigenvalue weighted by Crippen LogP contribution is 2.33. The number of ether oxygens (including phenoxy) is 3. The van der Waals surface area contributed by atoms with E-state index >= 15 is 4.39 Å². The van der Waals surface area contributed by atoms with Crippen molar-refractivity contribution in [3.63, 3.8) is 0 Å². The highest BCUT2D eigenvalue weighted by Gasteiger charge is 2.19. The van der Waals surface area contributed by atoms with Gasteiger partial charge in [0.1, 0.15) is 11.3 Å². The monoisotopic (exact) mass is 705 g/mol. The predicted molar refractivity (Wildman–Crippen MR) is 186 cm³/mol. The Morgan fingerprint density at radius 1 is 0.885 bits per heavy atom. The molecule has 4 heterocycles. The molecule has 0 radical (unpaired) electrons. The van der Waals surface area contributed by atoms with E-state index in [1.165, 1.54) is 24.3 Å². The third kappa shape index (κ3) is 7.34. The van der Waals surface area contributed by atoms with Crippen LogP contribution in [-0.2, 0) is 24.9 Å². The molecule has 1 amide bonds. The van der Waals surface area contributed by atoms with E-state index in [0.29, 0.717) is 22.5 Å². The maximum atomic E-state index is 15.4. The number of nitrogens with zero attached hydrogens (tertiary/aromatic N) is 6. The van der Waals surface area contributed by atoms with Crippen LogP contribution >= 0.6 is 0 Å². The van der Waals surface area contributed by atoms with Gasteiger partial charge in [0.05, 0.1) is 49.9 Å². The SMILES string of the molecule is Cn1cnc(-c2cc(Oc3ccc(NC(=O)Oc4cn(CCOCc5ccccc5)c(=O)n(-c5ccc(F)cc5)c4=O)cc3F)c3ccnn3c2)c1. The fraction of sp³-hybridized carbons (Fsp3) is 0.108. The van der Waals surface area contributed by atoms with E-state index < -0.39 is 34.7 Å². The van der Waals surface area contributed by atoms with Crippen LogP contribution in [0.5, 0.6) is 17.2 Å². The van der Waals surface area contributed by atoms with Gasteiger partial charge >= 0.3 is 17.3 Å². The number of carbonyl (C=O) groups excluding carboxylic acids is 1. The Balaban J connectivity index is 1.09. The van der Waals surface area contributed by atoms with Crippen molar-refractivity contribution >= 4 is 17.3 Å². The molecule has 262 valence electrons. The summed E-state index contributed by atoms with van der Waals surface area (Å²) in [5.74, 6) is -1.71. The molecule has 0 saturated heterocycles. The zero-order valence-corrected chi connectivity index (χ0v) is 27.5. The van der Waals surface area contributed by atoms with Gasteiger partial charge in [-0.3, -0.25) is 14.7 Å². The number of pyridine rings is 1. The summed E-state index contributed by atoms with van der Waals surface area (Å²) in [6.07, 6.45) is 6.79. The summed E-state index contributed by atoms with van der Waals surface area (Å²) in [7, 11) is 1.84. The topological polar surface area (TPSA) is 136 Å². The molecule has 3 aromatic carbocycles. The van der Waals surface area contributed by atoms with Crippen LogP contribution in [0.1, 0.15) is 5.56 Å². The second-order valence-corrected chi connectivity index (χ2v) is 11.6. The molecule has 0 aliphatic heterocycles. The minimum Gasteiger partial charge on any atom is -0.452 e. The highest BCUT2D eigenvalue weighted by atomic mass is 19.1. The number of nitrogens with one attached hydrogen (secondary N) is 1. The van der Waals surface area contributed by atoms with Gasteiger partial charge in [0.2, 0.25) is 5.75 Å². The van der Waals surface area contributed by atoms with Crippen LogP contribution < -0.4 is 26.0 Å². The second-order valence-electron chi connectivity index (χ2n) is 11.6. The number of carbonyl (C=O) groups is 1. The van der Waals surface area contributed by atoms with Crippen molar-refractivity contribution in [3.8, 4) is 34.2 Å². The number of amides is 1. The number of benzene rings is 3. The maximum Gasteiger partial charge on any atom is 0.417 e. The summed E-state index contributed by atoms with van der Waals surface area (Å²) < 4.78 is 51.3. The summed E-state index contributed by atoms with van der Waals surface area (Å²) in [5.41, 5.74) is 1.18. The van der Waals surface area contributed by atoms with E-state index in [2.05, 4.69) is 15.4 Å². The van der Waals surface area contributed by atoms with E-state index in [1.807, 2.05) is 43.6 Å². The molecule has 0 unspecified atom stereocenters. The number of hydrogen-bond donors (Lipinski definition) is 1. The molecule has 52 heavy (non-hydrogen) atoms. The fourth-order valence-electron chi connectivity index (χ4n) is 5.36. The van der Waals surface area contributed by atoms with Gasteiger partial charge in [-0.25, -0.2) is 32.4 Å². The third-order valence-electron chi connectivity index (χ3n) is 7.87. The lowest BCUT2D eigenvalue weighted by atomic mass is 10.2. The van der Waals surface area contributed by atoms with Crippen molar-refractivity contribution in [3.05, 3.63) is 154 Å². The lowest BCUT2D eigenvalue weighted by Crippen LogP contribution is -2.40. The van der Waals surface area contributed by atoms with Gasteiger partial charge in [-0.05, 0) is 54.1 Å². The first-order valence-electron chi connectivity index (χ1n) is 15.9. The average molecular weight is 706 g/mol. The van der Waals surface area contributed by atoms with Crippen LogP contribution in [-0.4, -0.2) is 41.0 Å². The van der Waals surface area contributed by atoms with E-state index in [9.17, 15) is 18.8 Å². The summed E-state index contributed by atoms with van der Waals surface area (Å²) in [6, 6.07) is 21.2. The largest absolute Gasteiger partial charge is 0.452 e. The molecule has 4 aromatic heterocycles.